The molecule has 0 bridgehead atoms. The van der Waals surface area contributed by atoms with Crippen LogP contribution in [0.25, 0.3) is 10.1 Å². The Morgan fingerprint density at radius 3 is 2.35 bits per heavy atom. The zero-order chi connectivity index (χ0) is 14.3. The molecule has 3 aromatic rings. The number of carbonyl (C=O) groups excluding carboxylic acids is 1. The van der Waals surface area contributed by atoms with Gasteiger partial charge in [0.15, 0.2) is 0 Å². The molecule has 0 N–H and O–H groups in total. The maximum absolute atomic E-state index is 13.3. The molecule has 1 aromatic heterocycles. The quantitative estimate of drug-likeness (QED) is 0.612. The summed E-state index contributed by atoms with van der Waals surface area (Å²) in [6.45, 7) is 3.55. The predicted molar refractivity (Wildman–Crippen MR) is 81.1 cm³/mol. The van der Waals surface area contributed by atoms with Crippen LogP contribution in [0.1, 0.15) is 26.4 Å². The summed E-state index contributed by atoms with van der Waals surface area (Å²) in [5, 5.41) is 1.07. The Kier molecular flexibility index (Phi) is 3.14. The molecule has 0 aliphatic heterocycles. The Morgan fingerprint density at radius 1 is 1.05 bits per heavy atom. The third-order valence-electron chi connectivity index (χ3n) is 3.37. The third kappa shape index (κ3) is 2.14. The van der Waals surface area contributed by atoms with Gasteiger partial charge in [0.05, 0.1) is 4.88 Å². The number of hydrogen-bond donors (Lipinski definition) is 0. The van der Waals surface area contributed by atoms with Crippen LogP contribution in [-0.2, 0) is 0 Å². The van der Waals surface area contributed by atoms with Crippen LogP contribution in [0.2, 0.25) is 0 Å². The lowest BCUT2D eigenvalue weighted by Crippen LogP contribution is -2.05. The summed E-state index contributed by atoms with van der Waals surface area (Å²) in [7, 11) is 0. The molecule has 100 valence electrons. The maximum atomic E-state index is 13.3. The van der Waals surface area contributed by atoms with Gasteiger partial charge in [-0.05, 0) is 54.6 Å². The van der Waals surface area contributed by atoms with Crippen LogP contribution in [0.4, 0.5) is 4.39 Å². The highest BCUT2D eigenvalue weighted by molar-refractivity contribution is 7.21. The fourth-order valence-corrected chi connectivity index (χ4v) is 3.49. The standard InChI is InChI=1S/C17H13FOS/c1-10-7-13(18)8-11(2)16(10)17(19)15-9-12-5-3-4-6-14(12)20-15/h3-9H,1-2H3. The highest BCUT2D eigenvalue weighted by atomic mass is 32.1. The smallest absolute Gasteiger partial charge is 0.203 e. The minimum Gasteiger partial charge on any atom is -0.288 e. The van der Waals surface area contributed by atoms with Gasteiger partial charge >= 0.3 is 0 Å². The molecule has 0 spiro atoms. The summed E-state index contributed by atoms with van der Waals surface area (Å²) in [6, 6.07) is 12.6. The number of aryl methyl sites for hydroxylation is 2. The van der Waals surface area contributed by atoms with E-state index in [1.165, 1.54) is 23.5 Å². The molecule has 0 fully saturated rings. The fraction of sp³-hybridized carbons (Fsp3) is 0.118. The number of carbonyl (C=O) groups is 1. The molecule has 0 aliphatic rings. The topological polar surface area (TPSA) is 17.1 Å². The van der Waals surface area contributed by atoms with Crippen LogP contribution in [0, 0.1) is 19.7 Å². The lowest BCUT2D eigenvalue weighted by Gasteiger charge is -2.07. The van der Waals surface area contributed by atoms with Gasteiger partial charge in [-0.1, -0.05) is 18.2 Å². The number of benzene rings is 2. The molecule has 2 aromatic carbocycles. The van der Waals surface area contributed by atoms with Gasteiger partial charge in [0.2, 0.25) is 5.78 Å². The van der Waals surface area contributed by atoms with E-state index in [0.29, 0.717) is 21.6 Å². The van der Waals surface area contributed by atoms with E-state index in [1.54, 1.807) is 13.8 Å². The zero-order valence-electron chi connectivity index (χ0n) is 11.2. The Labute approximate surface area is 120 Å². The van der Waals surface area contributed by atoms with Crippen LogP contribution in [0.3, 0.4) is 0 Å². The first-order valence-corrected chi connectivity index (χ1v) is 7.18. The van der Waals surface area contributed by atoms with Gasteiger partial charge in [-0.25, -0.2) is 4.39 Å². The van der Waals surface area contributed by atoms with Crippen molar-refractivity contribution in [3.8, 4) is 0 Å². The average molecular weight is 284 g/mol. The first-order valence-electron chi connectivity index (χ1n) is 6.36. The largest absolute Gasteiger partial charge is 0.288 e. The molecule has 0 atom stereocenters. The van der Waals surface area contributed by atoms with E-state index in [4.69, 9.17) is 0 Å². The van der Waals surface area contributed by atoms with E-state index in [-0.39, 0.29) is 11.6 Å². The van der Waals surface area contributed by atoms with Crippen molar-refractivity contribution in [2.45, 2.75) is 13.8 Å². The van der Waals surface area contributed by atoms with Crippen LogP contribution in [0.5, 0.6) is 0 Å². The summed E-state index contributed by atoms with van der Waals surface area (Å²) >= 11 is 1.48. The van der Waals surface area contributed by atoms with E-state index in [0.717, 1.165) is 10.1 Å². The van der Waals surface area contributed by atoms with E-state index < -0.39 is 0 Å². The van der Waals surface area contributed by atoms with Crippen molar-refractivity contribution >= 4 is 27.2 Å². The SMILES string of the molecule is Cc1cc(F)cc(C)c1C(=O)c1cc2ccccc2s1. The summed E-state index contributed by atoms with van der Waals surface area (Å²) in [5.41, 5.74) is 1.98. The number of halogens is 1. The third-order valence-corrected chi connectivity index (χ3v) is 4.49. The van der Waals surface area contributed by atoms with Gasteiger partial charge in [-0.15, -0.1) is 11.3 Å². The van der Waals surface area contributed by atoms with Crippen molar-refractivity contribution < 1.29 is 9.18 Å². The molecule has 1 nitrogen and oxygen atoms in total. The number of ketones is 1. The van der Waals surface area contributed by atoms with Gasteiger partial charge in [-0.3, -0.25) is 4.79 Å². The Balaban J connectivity index is 2.13. The van der Waals surface area contributed by atoms with Crippen LogP contribution < -0.4 is 0 Å². The zero-order valence-corrected chi connectivity index (χ0v) is 12.1. The molecule has 1 heterocycles. The van der Waals surface area contributed by atoms with Gasteiger partial charge in [0, 0.05) is 10.3 Å². The van der Waals surface area contributed by atoms with Crippen LogP contribution in [-0.4, -0.2) is 5.78 Å². The molecule has 0 aliphatic carbocycles. The molecule has 0 saturated carbocycles. The second kappa shape index (κ2) is 4.84. The van der Waals surface area contributed by atoms with Gasteiger partial charge in [-0.2, -0.15) is 0 Å². The Bertz CT molecular complexity index is 761. The predicted octanol–water partition coefficient (Wildman–Crippen LogP) is 4.89. The Morgan fingerprint density at radius 2 is 1.70 bits per heavy atom. The van der Waals surface area contributed by atoms with E-state index in [2.05, 4.69) is 0 Å². The van der Waals surface area contributed by atoms with Gasteiger partial charge in [0.1, 0.15) is 5.82 Å². The second-order valence-corrected chi connectivity index (χ2v) is 5.98. The summed E-state index contributed by atoms with van der Waals surface area (Å²) in [4.78, 5) is 13.4. The monoisotopic (exact) mass is 284 g/mol. The molecular weight excluding hydrogens is 271 g/mol. The molecule has 0 unspecified atom stereocenters. The van der Waals surface area contributed by atoms with Crippen molar-refractivity contribution in [3.63, 3.8) is 0 Å². The minimum atomic E-state index is -0.298. The summed E-state index contributed by atoms with van der Waals surface area (Å²) < 4.78 is 14.4. The van der Waals surface area contributed by atoms with E-state index in [1.807, 2.05) is 30.3 Å². The lowest BCUT2D eigenvalue weighted by molar-refractivity contribution is 0.104. The van der Waals surface area contributed by atoms with Crippen molar-refractivity contribution in [1.82, 2.24) is 0 Å². The Hall–Kier alpha value is -2.00. The number of rotatable bonds is 2. The molecule has 3 heteroatoms. The molecule has 0 saturated heterocycles. The highest BCUT2D eigenvalue weighted by Crippen LogP contribution is 2.29. The first-order chi connectivity index (χ1) is 9.56. The molecule has 0 amide bonds. The minimum absolute atomic E-state index is 0.0267. The molecule has 20 heavy (non-hydrogen) atoms. The van der Waals surface area contributed by atoms with Gasteiger partial charge in [0.25, 0.3) is 0 Å². The summed E-state index contributed by atoms with van der Waals surface area (Å²) in [6.07, 6.45) is 0. The maximum Gasteiger partial charge on any atom is 0.203 e. The van der Waals surface area contributed by atoms with Gasteiger partial charge < -0.3 is 0 Å². The fourth-order valence-electron chi connectivity index (χ4n) is 2.49. The normalized spacial score (nSPS) is 10.9. The molecular formula is C17H13FOS. The number of thiophene rings is 1. The van der Waals surface area contributed by atoms with Crippen molar-refractivity contribution in [2.24, 2.45) is 0 Å². The van der Waals surface area contributed by atoms with Crippen molar-refractivity contribution in [2.75, 3.05) is 0 Å². The highest BCUT2D eigenvalue weighted by Gasteiger charge is 2.17. The van der Waals surface area contributed by atoms with Crippen LogP contribution in [0.15, 0.2) is 42.5 Å². The van der Waals surface area contributed by atoms with Crippen molar-refractivity contribution in [3.05, 3.63) is 69.8 Å². The molecule has 0 radical (unpaired) electrons. The molecule has 3 rings (SSSR count). The first kappa shape index (κ1) is 13.0. The van der Waals surface area contributed by atoms with Crippen LogP contribution >= 0.6 is 11.3 Å². The van der Waals surface area contributed by atoms with E-state index in [9.17, 15) is 9.18 Å². The average Bonchev–Trinajstić information content (AvgIpc) is 2.81. The summed E-state index contributed by atoms with van der Waals surface area (Å²) in [5.74, 6) is -0.325. The van der Waals surface area contributed by atoms with Crippen molar-refractivity contribution in [1.29, 1.82) is 0 Å². The number of hydrogen-bond acceptors (Lipinski definition) is 2. The van der Waals surface area contributed by atoms with E-state index >= 15 is 0 Å². The second-order valence-electron chi connectivity index (χ2n) is 4.89. The lowest BCUT2D eigenvalue weighted by atomic mass is 9.98. The number of fused-ring (bicyclic) bond motifs is 1.